The van der Waals surface area contributed by atoms with Crippen LogP contribution in [-0.2, 0) is 11.3 Å². The van der Waals surface area contributed by atoms with Crippen molar-refractivity contribution in [2.45, 2.75) is 25.8 Å². The van der Waals surface area contributed by atoms with Crippen LogP contribution < -0.4 is 15.8 Å². The van der Waals surface area contributed by atoms with Crippen LogP contribution in [0.2, 0.25) is 0 Å². The fourth-order valence-electron chi connectivity index (χ4n) is 3.82. The van der Waals surface area contributed by atoms with Crippen molar-refractivity contribution in [1.29, 1.82) is 0 Å². The van der Waals surface area contributed by atoms with E-state index in [1.807, 2.05) is 18.3 Å². The van der Waals surface area contributed by atoms with Gasteiger partial charge < -0.3 is 20.4 Å². The van der Waals surface area contributed by atoms with Crippen LogP contribution in [0.4, 0.5) is 5.69 Å². The zero-order valence-electron chi connectivity index (χ0n) is 16.5. The van der Waals surface area contributed by atoms with Crippen LogP contribution in [0, 0.1) is 5.92 Å². The molecule has 6 rings (SSSR count). The molecule has 0 saturated heterocycles. The van der Waals surface area contributed by atoms with Gasteiger partial charge in [0.05, 0.1) is 12.1 Å². The first-order valence-corrected chi connectivity index (χ1v) is 10.1. The molecule has 4 aromatic rings. The molecule has 1 aliphatic carbocycles. The molecule has 4 heterocycles. The first kappa shape index (κ1) is 18.4. The molecule has 0 bridgehead atoms. The molecule has 1 aromatic carbocycles. The number of benzene rings is 1. The summed E-state index contributed by atoms with van der Waals surface area (Å²) in [5.74, 6) is 2.70. The van der Waals surface area contributed by atoms with Crippen LogP contribution in [0.15, 0.2) is 36.8 Å². The molecule has 0 spiro atoms. The molecule has 1 saturated carbocycles. The summed E-state index contributed by atoms with van der Waals surface area (Å²) in [6.07, 6.45) is 7.39. The first-order valence-electron chi connectivity index (χ1n) is 10.1. The second-order valence-corrected chi connectivity index (χ2v) is 7.57. The van der Waals surface area contributed by atoms with Gasteiger partial charge in [-0.3, -0.25) is 4.79 Å². The van der Waals surface area contributed by atoms with Crippen LogP contribution in [-0.4, -0.2) is 43.7 Å². The van der Waals surface area contributed by atoms with Gasteiger partial charge in [0.15, 0.2) is 5.65 Å². The number of hydrogen-bond donors (Lipinski definition) is 2. The number of fused-ring (bicyclic) bond motifs is 1. The van der Waals surface area contributed by atoms with Gasteiger partial charge in [-0.2, -0.15) is 5.10 Å². The third-order valence-corrected chi connectivity index (χ3v) is 5.42. The van der Waals surface area contributed by atoms with Crippen LogP contribution in [0.1, 0.15) is 19.3 Å². The van der Waals surface area contributed by atoms with Gasteiger partial charge >= 0.3 is 0 Å². The van der Waals surface area contributed by atoms with Crippen molar-refractivity contribution in [1.82, 2.24) is 24.1 Å². The molecule has 0 unspecified atom stereocenters. The van der Waals surface area contributed by atoms with E-state index < -0.39 is 0 Å². The molecule has 1 fully saturated rings. The summed E-state index contributed by atoms with van der Waals surface area (Å²) in [6, 6.07) is 8.35. The molecule has 30 heavy (non-hydrogen) atoms. The number of aryl methyl sites for hydroxylation is 1. The minimum absolute atomic E-state index is 0.250. The molecular weight excluding hydrogens is 382 g/mol. The van der Waals surface area contributed by atoms with Gasteiger partial charge in [0.25, 0.3) is 0 Å². The van der Waals surface area contributed by atoms with Gasteiger partial charge in [-0.25, -0.2) is 14.5 Å². The highest BCUT2D eigenvalue weighted by molar-refractivity contribution is 5.89. The molecule has 0 radical (unpaired) electrons. The normalized spacial score (nSPS) is 15.2. The Kier molecular flexibility index (Phi) is 4.70. The van der Waals surface area contributed by atoms with E-state index in [2.05, 4.69) is 37.8 Å². The van der Waals surface area contributed by atoms with Gasteiger partial charge in [-0.1, -0.05) is 0 Å². The number of imidazole rings is 1. The fraction of sp³-hybridized carbons (Fsp3) is 0.333. The van der Waals surface area contributed by atoms with E-state index in [4.69, 9.17) is 14.5 Å². The van der Waals surface area contributed by atoms with Crippen molar-refractivity contribution in [3.8, 4) is 17.1 Å². The van der Waals surface area contributed by atoms with Crippen LogP contribution in [0.25, 0.3) is 28.1 Å². The maximum Gasteiger partial charge on any atom is 0.204 e. The summed E-state index contributed by atoms with van der Waals surface area (Å²) in [5.41, 5.74) is 9.19. The highest BCUT2D eigenvalue weighted by Crippen LogP contribution is 2.36. The number of carbonyl (C=O) groups is 1. The molecule has 0 atom stereocenters. The maximum atomic E-state index is 8.58. The summed E-state index contributed by atoms with van der Waals surface area (Å²) < 4.78 is 10.1. The van der Waals surface area contributed by atoms with Crippen molar-refractivity contribution in [2.75, 3.05) is 18.5 Å². The highest BCUT2D eigenvalue weighted by Gasteiger charge is 2.23. The lowest BCUT2D eigenvalue weighted by Gasteiger charge is -2.10. The molecule has 9 heteroatoms. The number of nitrogens with one attached hydrogen (secondary N) is 1. The molecule has 154 valence electrons. The third kappa shape index (κ3) is 3.42. The summed E-state index contributed by atoms with van der Waals surface area (Å²) in [6.45, 7) is 2.65. The van der Waals surface area contributed by atoms with E-state index >= 15 is 0 Å². The highest BCUT2D eigenvalue weighted by atomic mass is 16.5. The van der Waals surface area contributed by atoms with Crippen LogP contribution in [0.3, 0.4) is 0 Å². The largest absolute Gasteiger partial charge is 0.491 e. The average molecular weight is 405 g/mol. The van der Waals surface area contributed by atoms with Crippen molar-refractivity contribution in [2.24, 2.45) is 11.7 Å². The number of primary amides is 1. The Morgan fingerprint density at radius 1 is 1.30 bits per heavy atom. The van der Waals surface area contributed by atoms with E-state index in [0.717, 1.165) is 71.5 Å². The van der Waals surface area contributed by atoms with Crippen molar-refractivity contribution >= 4 is 28.8 Å². The molecular formula is C21H23N7O2. The number of pyridine rings is 1. The summed E-state index contributed by atoms with van der Waals surface area (Å²) in [7, 11) is 0. The molecule has 1 amide bonds. The van der Waals surface area contributed by atoms with Crippen molar-refractivity contribution in [3.05, 3.63) is 36.8 Å². The Morgan fingerprint density at radius 3 is 3.00 bits per heavy atom. The first-order chi connectivity index (χ1) is 14.8. The van der Waals surface area contributed by atoms with E-state index in [9.17, 15) is 0 Å². The Morgan fingerprint density at radius 2 is 2.17 bits per heavy atom. The number of aromatic nitrogens is 5. The van der Waals surface area contributed by atoms with Gasteiger partial charge in [0.2, 0.25) is 6.41 Å². The second kappa shape index (κ2) is 7.66. The number of nitrogens with zero attached hydrogens (tertiary/aromatic N) is 5. The molecule has 3 N–H and O–H groups in total. The Hall–Kier alpha value is -3.62. The van der Waals surface area contributed by atoms with Gasteiger partial charge in [-0.15, -0.1) is 0 Å². The summed E-state index contributed by atoms with van der Waals surface area (Å²) in [4.78, 5) is 17.9. The number of amides is 1. The van der Waals surface area contributed by atoms with E-state index in [1.165, 1.54) is 12.8 Å². The number of anilines is 1. The Labute approximate surface area is 172 Å². The number of rotatable bonds is 4. The van der Waals surface area contributed by atoms with Crippen LogP contribution >= 0.6 is 0 Å². The minimum atomic E-state index is 0.250. The van der Waals surface area contributed by atoms with Gasteiger partial charge in [0, 0.05) is 36.6 Å². The Balaban J connectivity index is 0.000000609. The van der Waals surface area contributed by atoms with E-state index in [1.54, 1.807) is 10.8 Å². The van der Waals surface area contributed by atoms with Crippen molar-refractivity contribution < 1.29 is 9.53 Å². The average Bonchev–Trinajstić information content (AvgIpc) is 3.40. The number of carbonyl (C=O) groups excluding carboxylic acids is 1. The zero-order valence-corrected chi connectivity index (χ0v) is 16.5. The minimum Gasteiger partial charge on any atom is -0.491 e. The van der Waals surface area contributed by atoms with Gasteiger partial charge in [0.1, 0.15) is 23.4 Å². The lowest BCUT2D eigenvalue weighted by Crippen LogP contribution is -2.03. The predicted molar refractivity (Wildman–Crippen MR) is 113 cm³/mol. The van der Waals surface area contributed by atoms with Gasteiger partial charge in [-0.05, 0) is 43.4 Å². The quantitative estimate of drug-likeness (QED) is 0.504. The SMILES string of the molecule is NC=O.c1nc2cc(-c3nc4cc(NCC5CC5)cc5c4n3CCCO5)ccn2n1. The second-order valence-electron chi connectivity index (χ2n) is 7.57. The topological polar surface area (TPSA) is 112 Å². The monoisotopic (exact) mass is 405 g/mol. The lowest BCUT2D eigenvalue weighted by molar-refractivity contribution is -0.106. The molecule has 2 aliphatic rings. The number of nitrogens with two attached hydrogens (primary N) is 1. The molecule has 3 aromatic heterocycles. The maximum absolute atomic E-state index is 8.58. The Bertz CT molecular complexity index is 1210. The lowest BCUT2D eigenvalue weighted by atomic mass is 10.2. The standard InChI is InChI=1S/C20H20N6O.CH3NO/c1-5-25-19-16(9-15(10-17(19)27-7-1)21-11-13-2-3-13)24-20(25)14-4-6-26-18(8-14)22-12-23-26;2-1-3/h4,6,8-10,12-13,21H,1-3,5,7,11H2;1H,(H2,2,3). The van der Waals surface area contributed by atoms with E-state index in [-0.39, 0.29) is 6.41 Å². The summed E-state index contributed by atoms with van der Waals surface area (Å²) in [5, 5.41) is 7.74. The summed E-state index contributed by atoms with van der Waals surface area (Å²) >= 11 is 0. The number of ether oxygens (including phenoxy) is 1. The molecule has 9 nitrogen and oxygen atoms in total. The van der Waals surface area contributed by atoms with Crippen molar-refractivity contribution in [3.63, 3.8) is 0 Å². The molecule has 1 aliphatic heterocycles. The predicted octanol–water partition coefficient (Wildman–Crippen LogP) is 2.45. The fourth-order valence-corrected chi connectivity index (χ4v) is 3.82. The zero-order chi connectivity index (χ0) is 20.5. The number of hydrogen-bond acceptors (Lipinski definition) is 6. The third-order valence-electron chi connectivity index (χ3n) is 5.42. The van der Waals surface area contributed by atoms with E-state index in [0.29, 0.717) is 0 Å². The smallest absolute Gasteiger partial charge is 0.204 e. The van der Waals surface area contributed by atoms with Crippen LogP contribution in [0.5, 0.6) is 5.75 Å².